The summed E-state index contributed by atoms with van der Waals surface area (Å²) in [7, 11) is 1.76. The number of aryl methyl sites for hydroxylation is 1. The number of benzene rings is 2. The molecule has 1 saturated carbocycles. The van der Waals surface area contributed by atoms with Gasteiger partial charge in [-0.3, -0.25) is 0 Å². The molecule has 0 atom stereocenters. The second-order valence-corrected chi connectivity index (χ2v) is 9.76. The zero-order valence-electron chi connectivity index (χ0n) is 19.9. The van der Waals surface area contributed by atoms with Crippen molar-refractivity contribution in [3.8, 4) is 11.8 Å². The lowest BCUT2D eigenvalue weighted by molar-refractivity contribution is 0.0552. The molecule has 0 unspecified atom stereocenters. The van der Waals surface area contributed by atoms with E-state index in [9.17, 15) is 13.2 Å². The Bertz CT molecular complexity index is 1070. The Morgan fingerprint density at radius 3 is 2.44 bits per heavy atom. The summed E-state index contributed by atoms with van der Waals surface area (Å²) in [6.45, 7) is 0.856. The minimum Gasteiger partial charge on any atom is -0.385 e. The third kappa shape index (κ3) is 6.54. The van der Waals surface area contributed by atoms with E-state index in [0.29, 0.717) is 16.7 Å². The first-order valence-corrected chi connectivity index (χ1v) is 12.4. The van der Waals surface area contributed by atoms with Gasteiger partial charge in [-0.1, -0.05) is 61.8 Å². The summed E-state index contributed by atoms with van der Waals surface area (Å²) in [4.78, 5) is 0. The fourth-order valence-corrected chi connectivity index (χ4v) is 5.30. The number of alkyl halides is 2. The Labute approximate surface area is 201 Å². The molecule has 1 nitrogen and oxygen atoms in total. The fourth-order valence-electron chi connectivity index (χ4n) is 5.30. The van der Waals surface area contributed by atoms with Crippen LogP contribution >= 0.6 is 0 Å². The van der Waals surface area contributed by atoms with Crippen LogP contribution in [-0.2, 0) is 17.6 Å². The van der Waals surface area contributed by atoms with Gasteiger partial charge in [-0.15, -0.1) is 0 Å². The molecule has 0 saturated heterocycles. The number of hydrogen-bond acceptors (Lipinski definition) is 1. The molecule has 0 aromatic heterocycles. The molecule has 0 N–H and O–H groups in total. The van der Waals surface area contributed by atoms with Crippen LogP contribution < -0.4 is 0 Å². The summed E-state index contributed by atoms with van der Waals surface area (Å²) < 4.78 is 47.1. The van der Waals surface area contributed by atoms with Crippen LogP contribution in [0.2, 0.25) is 0 Å². The molecule has 0 aliphatic heterocycles. The summed E-state index contributed by atoms with van der Waals surface area (Å²) >= 11 is 0. The molecule has 4 heteroatoms. The molecule has 2 aromatic carbocycles. The quantitative estimate of drug-likeness (QED) is 0.302. The van der Waals surface area contributed by atoms with Crippen molar-refractivity contribution in [2.75, 3.05) is 13.7 Å². The van der Waals surface area contributed by atoms with Crippen molar-refractivity contribution in [3.63, 3.8) is 0 Å². The molecule has 0 amide bonds. The highest BCUT2D eigenvalue weighted by atomic mass is 19.3. The highest BCUT2D eigenvalue weighted by Crippen LogP contribution is 2.35. The van der Waals surface area contributed by atoms with Crippen LogP contribution in [0.25, 0.3) is 6.08 Å². The van der Waals surface area contributed by atoms with E-state index in [1.165, 1.54) is 55.9 Å². The van der Waals surface area contributed by atoms with Gasteiger partial charge in [0.05, 0.1) is 0 Å². The average Bonchev–Trinajstić information content (AvgIpc) is 2.83. The number of halogens is 3. The van der Waals surface area contributed by atoms with Crippen LogP contribution in [0, 0.1) is 29.5 Å². The largest absolute Gasteiger partial charge is 0.385 e. The Kier molecular flexibility index (Phi) is 8.16. The maximum absolute atomic E-state index is 14.1. The van der Waals surface area contributed by atoms with E-state index in [1.807, 2.05) is 18.2 Å². The van der Waals surface area contributed by atoms with Gasteiger partial charge >= 0.3 is 0 Å². The first-order valence-electron chi connectivity index (χ1n) is 12.4. The maximum atomic E-state index is 14.1. The highest BCUT2D eigenvalue weighted by molar-refractivity contribution is 5.63. The molecular formula is C30H33F3O. The van der Waals surface area contributed by atoms with E-state index in [4.69, 9.17) is 4.74 Å². The minimum atomic E-state index is -2.93. The third-order valence-electron chi connectivity index (χ3n) is 7.27. The number of allylic oxidation sites excluding steroid dienone is 1. The molecule has 0 heterocycles. The Hall–Kier alpha value is -2.51. The normalized spacial score (nSPS) is 20.9. The van der Waals surface area contributed by atoms with Crippen LogP contribution in [0.1, 0.15) is 72.8 Å². The monoisotopic (exact) mass is 466 g/mol. The minimum absolute atomic E-state index is 0.348. The van der Waals surface area contributed by atoms with Crippen LogP contribution in [0.15, 0.2) is 42.5 Å². The van der Waals surface area contributed by atoms with Gasteiger partial charge in [-0.05, 0) is 78.5 Å². The van der Waals surface area contributed by atoms with Gasteiger partial charge in [0.1, 0.15) is 5.82 Å². The molecule has 2 aliphatic carbocycles. The van der Waals surface area contributed by atoms with Gasteiger partial charge in [0.15, 0.2) is 0 Å². The van der Waals surface area contributed by atoms with E-state index < -0.39 is 18.2 Å². The van der Waals surface area contributed by atoms with Crippen LogP contribution in [0.5, 0.6) is 0 Å². The lowest BCUT2D eigenvalue weighted by atomic mass is 9.78. The summed E-state index contributed by atoms with van der Waals surface area (Å²) in [6.07, 6.45) is 11.4. The number of fused-ring (bicyclic) bond motifs is 1. The van der Waals surface area contributed by atoms with Crippen molar-refractivity contribution in [2.45, 2.75) is 63.7 Å². The van der Waals surface area contributed by atoms with E-state index in [1.54, 1.807) is 7.11 Å². The van der Waals surface area contributed by atoms with Gasteiger partial charge in [0.25, 0.3) is 5.92 Å². The molecular weight excluding hydrogens is 433 g/mol. The maximum Gasteiger partial charge on any atom is 0.270 e. The Balaban J connectivity index is 1.42. The Morgan fingerprint density at radius 2 is 1.68 bits per heavy atom. The zero-order valence-corrected chi connectivity index (χ0v) is 19.9. The van der Waals surface area contributed by atoms with Crippen molar-refractivity contribution in [2.24, 2.45) is 11.8 Å². The molecule has 4 rings (SSSR count). The highest BCUT2D eigenvalue weighted by Gasteiger charge is 2.31. The average molecular weight is 467 g/mol. The molecule has 0 spiro atoms. The van der Waals surface area contributed by atoms with E-state index >= 15 is 0 Å². The van der Waals surface area contributed by atoms with E-state index in [-0.39, 0.29) is 0 Å². The smallest absolute Gasteiger partial charge is 0.270 e. The van der Waals surface area contributed by atoms with Crippen LogP contribution in [0.3, 0.4) is 0 Å². The SMILES string of the molecule is COCCCC1CCC(CCc2ccccc2C#Cc2cc(F)cc3c2CC(F)(F)C=C3)CC1. The fraction of sp³-hybridized carbons (Fsp3) is 0.467. The molecule has 0 bridgehead atoms. The number of rotatable bonds is 7. The number of ether oxygens (including phenoxy) is 1. The van der Waals surface area contributed by atoms with Crippen LogP contribution in [-0.4, -0.2) is 19.6 Å². The summed E-state index contributed by atoms with van der Waals surface area (Å²) in [5.74, 6) is 4.36. The van der Waals surface area contributed by atoms with Crippen molar-refractivity contribution in [1.29, 1.82) is 0 Å². The van der Waals surface area contributed by atoms with Crippen molar-refractivity contribution >= 4 is 6.08 Å². The predicted octanol–water partition coefficient (Wildman–Crippen LogP) is 7.60. The number of methoxy groups -OCH3 is 1. The zero-order chi connectivity index (χ0) is 24.0. The molecule has 180 valence electrons. The first kappa shape index (κ1) is 24.6. The van der Waals surface area contributed by atoms with Gasteiger partial charge in [-0.25, -0.2) is 13.2 Å². The molecule has 1 fully saturated rings. The first-order chi connectivity index (χ1) is 16.4. The standard InChI is InChI=1S/C30H33F3O/c1-34-18-4-5-22-8-10-23(11-9-22)12-13-24-6-2-3-7-25(24)14-15-26-19-28(31)20-27-16-17-30(32,33)21-29(26)27/h2-3,6-7,16-17,19-20,22-23H,4-5,8-13,18,21H2,1H3. The predicted molar refractivity (Wildman–Crippen MR) is 131 cm³/mol. The van der Waals surface area contributed by atoms with Gasteiger partial charge in [0.2, 0.25) is 0 Å². The molecule has 34 heavy (non-hydrogen) atoms. The van der Waals surface area contributed by atoms with Crippen LogP contribution in [0.4, 0.5) is 13.2 Å². The van der Waals surface area contributed by atoms with Gasteiger partial charge in [-0.2, -0.15) is 0 Å². The van der Waals surface area contributed by atoms with Gasteiger partial charge in [0, 0.05) is 31.3 Å². The van der Waals surface area contributed by atoms with Gasteiger partial charge < -0.3 is 4.74 Å². The van der Waals surface area contributed by atoms with E-state index in [2.05, 4.69) is 17.9 Å². The lowest BCUT2D eigenvalue weighted by Gasteiger charge is -2.28. The molecule has 2 aromatic rings. The van der Waals surface area contributed by atoms with E-state index in [0.717, 1.165) is 49.3 Å². The second-order valence-electron chi connectivity index (χ2n) is 9.76. The topological polar surface area (TPSA) is 9.23 Å². The summed E-state index contributed by atoms with van der Waals surface area (Å²) in [6, 6.07) is 10.6. The lowest BCUT2D eigenvalue weighted by Crippen LogP contribution is -2.20. The van der Waals surface area contributed by atoms with Crippen molar-refractivity contribution < 1.29 is 17.9 Å². The van der Waals surface area contributed by atoms with Crippen molar-refractivity contribution in [1.82, 2.24) is 0 Å². The number of hydrogen-bond donors (Lipinski definition) is 0. The second kappa shape index (κ2) is 11.3. The van der Waals surface area contributed by atoms with Crippen molar-refractivity contribution in [3.05, 3.63) is 76.1 Å². The molecule has 2 aliphatic rings. The Morgan fingerprint density at radius 1 is 0.971 bits per heavy atom. The third-order valence-corrected chi connectivity index (χ3v) is 7.27. The molecule has 0 radical (unpaired) electrons. The summed E-state index contributed by atoms with van der Waals surface area (Å²) in [5.41, 5.74) is 3.32. The summed E-state index contributed by atoms with van der Waals surface area (Å²) in [5, 5.41) is 0.